The topological polar surface area (TPSA) is 50.8 Å². The molecule has 0 spiro atoms. The van der Waals surface area contributed by atoms with Crippen LogP contribution in [0.15, 0.2) is 0 Å². The maximum atomic E-state index is 11.8. The second-order valence-electron chi connectivity index (χ2n) is 6.66. The lowest BCUT2D eigenvalue weighted by Crippen LogP contribution is -2.62. The summed E-state index contributed by atoms with van der Waals surface area (Å²) in [6.07, 6.45) is 0.929. The molecule has 19 heavy (non-hydrogen) atoms. The number of amides is 1. The van der Waals surface area contributed by atoms with Crippen LogP contribution in [0, 0.1) is 5.92 Å². The van der Waals surface area contributed by atoms with Gasteiger partial charge in [-0.05, 0) is 40.0 Å². The summed E-state index contributed by atoms with van der Waals surface area (Å²) in [6.45, 7) is 11.1. The second-order valence-corrected chi connectivity index (χ2v) is 6.66. The molecule has 5 nitrogen and oxygen atoms in total. The van der Waals surface area contributed by atoms with Gasteiger partial charge in [-0.15, -0.1) is 0 Å². The molecule has 0 aromatic heterocycles. The Kier molecular flexibility index (Phi) is 4.36. The fourth-order valence-corrected chi connectivity index (χ4v) is 2.51. The maximum Gasteiger partial charge on any atom is 0.410 e. The summed E-state index contributed by atoms with van der Waals surface area (Å²) in [4.78, 5) is 13.5. The van der Waals surface area contributed by atoms with E-state index < -0.39 is 5.60 Å². The first kappa shape index (κ1) is 14.6. The van der Waals surface area contributed by atoms with Crippen LogP contribution in [0.5, 0.6) is 0 Å². The minimum atomic E-state index is -0.413. The third-order valence-corrected chi connectivity index (χ3v) is 3.70. The lowest BCUT2D eigenvalue weighted by molar-refractivity contribution is 0.00349. The third kappa shape index (κ3) is 4.08. The molecule has 2 fully saturated rings. The van der Waals surface area contributed by atoms with E-state index in [9.17, 15) is 4.79 Å². The highest BCUT2D eigenvalue weighted by atomic mass is 16.6. The van der Waals surface area contributed by atoms with Gasteiger partial charge in [0.1, 0.15) is 5.60 Å². The molecule has 0 aromatic carbocycles. The second kappa shape index (κ2) is 5.67. The number of nitrogens with one attached hydrogen (secondary N) is 1. The van der Waals surface area contributed by atoms with E-state index in [-0.39, 0.29) is 6.09 Å². The summed E-state index contributed by atoms with van der Waals surface area (Å²) in [5.74, 6) is 0.607. The molecule has 2 heterocycles. The molecule has 2 rings (SSSR count). The normalized spacial score (nSPS) is 26.1. The summed E-state index contributed by atoms with van der Waals surface area (Å²) < 4.78 is 10.7. The zero-order chi connectivity index (χ0) is 14.0. The van der Waals surface area contributed by atoms with Crippen molar-refractivity contribution in [2.24, 2.45) is 5.92 Å². The molecule has 0 radical (unpaired) electrons. The molecular formula is C14H26N2O3. The first-order valence-electron chi connectivity index (χ1n) is 7.17. The zero-order valence-electron chi connectivity index (χ0n) is 12.4. The van der Waals surface area contributed by atoms with E-state index >= 15 is 0 Å². The molecule has 1 amide bonds. The maximum absolute atomic E-state index is 11.8. The van der Waals surface area contributed by atoms with E-state index in [0.29, 0.717) is 18.0 Å². The van der Waals surface area contributed by atoms with Crippen LogP contribution in [0.4, 0.5) is 4.79 Å². The number of carbonyl (C=O) groups is 1. The van der Waals surface area contributed by atoms with Crippen molar-refractivity contribution in [3.63, 3.8) is 0 Å². The standard InChI is InChI=1S/C14H26N2O3/c1-10(11-5-6-18-9-11)15-12-7-16(8-12)13(17)19-14(2,3)4/h10-12,15H,5-9H2,1-4H3. The predicted octanol–water partition coefficient (Wildman–Crippen LogP) is 1.62. The number of hydrogen-bond donors (Lipinski definition) is 1. The van der Waals surface area contributed by atoms with Crippen LogP contribution in [-0.4, -0.2) is 55.0 Å². The van der Waals surface area contributed by atoms with Crippen LogP contribution in [0.1, 0.15) is 34.1 Å². The van der Waals surface area contributed by atoms with Gasteiger partial charge < -0.3 is 19.7 Å². The summed E-state index contributed by atoms with van der Waals surface area (Å²) in [5, 5.41) is 3.58. The molecule has 1 N–H and O–H groups in total. The minimum Gasteiger partial charge on any atom is -0.444 e. The van der Waals surface area contributed by atoms with Gasteiger partial charge in [0.05, 0.1) is 6.61 Å². The van der Waals surface area contributed by atoms with Crippen molar-refractivity contribution >= 4 is 6.09 Å². The number of carbonyl (C=O) groups excluding carboxylic acids is 1. The molecule has 0 aliphatic carbocycles. The van der Waals surface area contributed by atoms with E-state index in [1.165, 1.54) is 0 Å². The highest BCUT2D eigenvalue weighted by Crippen LogP contribution is 2.20. The van der Waals surface area contributed by atoms with Gasteiger partial charge in [-0.3, -0.25) is 0 Å². The summed E-state index contributed by atoms with van der Waals surface area (Å²) in [6, 6.07) is 0.844. The minimum absolute atomic E-state index is 0.206. The molecule has 2 aliphatic rings. The molecule has 2 saturated heterocycles. The first-order valence-corrected chi connectivity index (χ1v) is 7.17. The fourth-order valence-electron chi connectivity index (χ4n) is 2.51. The van der Waals surface area contributed by atoms with Crippen molar-refractivity contribution < 1.29 is 14.3 Å². The first-order chi connectivity index (χ1) is 8.85. The molecule has 110 valence electrons. The highest BCUT2D eigenvalue weighted by Gasteiger charge is 2.35. The van der Waals surface area contributed by atoms with Crippen LogP contribution in [-0.2, 0) is 9.47 Å². The van der Waals surface area contributed by atoms with Gasteiger partial charge in [-0.1, -0.05) is 0 Å². The summed E-state index contributed by atoms with van der Waals surface area (Å²) in [7, 11) is 0. The Labute approximate surface area is 115 Å². The number of hydrogen-bond acceptors (Lipinski definition) is 4. The number of likely N-dealkylation sites (tertiary alicyclic amines) is 1. The van der Waals surface area contributed by atoms with Crippen molar-refractivity contribution in [2.75, 3.05) is 26.3 Å². The van der Waals surface area contributed by atoms with Gasteiger partial charge in [-0.25, -0.2) is 4.79 Å². The average molecular weight is 270 g/mol. The summed E-state index contributed by atoms with van der Waals surface area (Å²) in [5.41, 5.74) is -0.413. The Morgan fingerprint density at radius 3 is 2.63 bits per heavy atom. The average Bonchev–Trinajstić information content (AvgIpc) is 2.72. The van der Waals surface area contributed by atoms with Crippen LogP contribution in [0.2, 0.25) is 0 Å². The molecule has 2 unspecified atom stereocenters. The lowest BCUT2D eigenvalue weighted by atomic mass is 9.98. The van der Waals surface area contributed by atoms with Gasteiger partial charge in [0.2, 0.25) is 0 Å². The molecule has 2 aliphatic heterocycles. The molecular weight excluding hydrogens is 244 g/mol. The Morgan fingerprint density at radius 2 is 2.11 bits per heavy atom. The molecule has 0 aromatic rings. The van der Waals surface area contributed by atoms with Crippen molar-refractivity contribution in [3.8, 4) is 0 Å². The highest BCUT2D eigenvalue weighted by molar-refractivity contribution is 5.69. The van der Waals surface area contributed by atoms with Crippen molar-refractivity contribution in [1.29, 1.82) is 0 Å². The molecule has 2 atom stereocenters. The molecule has 0 bridgehead atoms. The van der Waals surface area contributed by atoms with Crippen molar-refractivity contribution in [2.45, 2.75) is 51.8 Å². The van der Waals surface area contributed by atoms with Gasteiger partial charge >= 0.3 is 6.09 Å². The largest absolute Gasteiger partial charge is 0.444 e. The number of rotatable bonds is 3. The quantitative estimate of drug-likeness (QED) is 0.846. The van der Waals surface area contributed by atoms with Gasteiger partial charge in [0.25, 0.3) is 0 Å². The number of nitrogens with zero attached hydrogens (tertiary/aromatic N) is 1. The van der Waals surface area contributed by atoms with Gasteiger partial charge in [0.15, 0.2) is 0 Å². The Hall–Kier alpha value is -0.810. The third-order valence-electron chi connectivity index (χ3n) is 3.70. The van der Waals surface area contributed by atoms with E-state index in [2.05, 4.69) is 12.2 Å². The zero-order valence-corrected chi connectivity index (χ0v) is 12.4. The van der Waals surface area contributed by atoms with E-state index in [4.69, 9.17) is 9.47 Å². The van der Waals surface area contributed by atoms with Gasteiger partial charge in [0, 0.05) is 31.8 Å². The van der Waals surface area contributed by atoms with Crippen molar-refractivity contribution in [1.82, 2.24) is 10.2 Å². The monoisotopic (exact) mass is 270 g/mol. The van der Waals surface area contributed by atoms with E-state index in [1.807, 2.05) is 20.8 Å². The Balaban J connectivity index is 1.67. The SMILES string of the molecule is CC(NC1CN(C(=O)OC(C)(C)C)C1)C1CCOC1. The van der Waals surface area contributed by atoms with Crippen LogP contribution < -0.4 is 5.32 Å². The summed E-state index contributed by atoms with van der Waals surface area (Å²) >= 11 is 0. The lowest BCUT2D eigenvalue weighted by Gasteiger charge is -2.42. The van der Waals surface area contributed by atoms with Crippen LogP contribution in [0.25, 0.3) is 0 Å². The Morgan fingerprint density at radius 1 is 1.42 bits per heavy atom. The predicted molar refractivity (Wildman–Crippen MR) is 73.1 cm³/mol. The van der Waals surface area contributed by atoms with Crippen molar-refractivity contribution in [3.05, 3.63) is 0 Å². The molecule has 5 heteroatoms. The Bertz CT molecular complexity index is 315. The van der Waals surface area contributed by atoms with E-state index in [0.717, 1.165) is 32.7 Å². The fraction of sp³-hybridized carbons (Fsp3) is 0.929. The van der Waals surface area contributed by atoms with Gasteiger partial charge in [-0.2, -0.15) is 0 Å². The van der Waals surface area contributed by atoms with Crippen LogP contribution in [0.3, 0.4) is 0 Å². The molecule has 0 saturated carbocycles. The number of ether oxygens (including phenoxy) is 2. The smallest absolute Gasteiger partial charge is 0.410 e. The van der Waals surface area contributed by atoms with Crippen LogP contribution >= 0.6 is 0 Å². The van der Waals surface area contributed by atoms with E-state index in [1.54, 1.807) is 4.90 Å².